The van der Waals surface area contributed by atoms with Gasteiger partial charge in [0.15, 0.2) is 5.76 Å². The van der Waals surface area contributed by atoms with E-state index in [1.54, 1.807) is 18.9 Å². The van der Waals surface area contributed by atoms with Crippen LogP contribution in [0.3, 0.4) is 0 Å². The second-order valence-electron chi connectivity index (χ2n) is 7.31. The summed E-state index contributed by atoms with van der Waals surface area (Å²) in [6.07, 6.45) is 3.49. The number of aryl methyl sites for hydroxylation is 1. The van der Waals surface area contributed by atoms with Crippen molar-refractivity contribution >= 4 is 11.9 Å². The summed E-state index contributed by atoms with van der Waals surface area (Å²) in [5.41, 5.74) is -0.0820. The van der Waals surface area contributed by atoms with E-state index < -0.39 is 5.97 Å². The molecule has 2 unspecified atom stereocenters. The normalized spacial score (nSPS) is 21.6. The molecular weight excluding hydrogens is 322 g/mol. The molecule has 0 aliphatic heterocycles. The number of carboxylic acid groups (broad SMARTS) is 1. The van der Waals surface area contributed by atoms with Crippen molar-refractivity contribution < 1.29 is 23.8 Å². The van der Waals surface area contributed by atoms with Gasteiger partial charge in [-0.3, -0.25) is 4.79 Å². The lowest BCUT2D eigenvalue weighted by atomic mass is 9.63. The summed E-state index contributed by atoms with van der Waals surface area (Å²) in [4.78, 5) is 25.7. The molecule has 1 N–H and O–H groups in total. The van der Waals surface area contributed by atoms with Gasteiger partial charge in [-0.15, -0.1) is 0 Å². The Hall–Kier alpha value is -1.82. The number of amides is 1. The third kappa shape index (κ3) is 3.73. The van der Waals surface area contributed by atoms with E-state index >= 15 is 0 Å². The van der Waals surface area contributed by atoms with Gasteiger partial charge in [-0.25, -0.2) is 4.79 Å². The molecule has 0 saturated heterocycles. The first-order chi connectivity index (χ1) is 11.7. The van der Waals surface area contributed by atoms with Gasteiger partial charge in [-0.1, -0.05) is 34.1 Å². The molecule has 1 amide bonds. The second kappa shape index (κ2) is 7.60. The number of carbonyl (C=O) groups excluding carboxylic acids is 1. The van der Waals surface area contributed by atoms with Gasteiger partial charge in [0, 0.05) is 37.6 Å². The van der Waals surface area contributed by atoms with E-state index in [0.717, 1.165) is 25.9 Å². The molecule has 1 heterocycles. The number of unbranched alkanes of at least 4 members (excludes halogenated alkanes) is 1. The fourth-order valence-corrected chi connectivity index (χ4v) is 3.47. The van der Waals surface area contributed by atoms with E-state index in [9.17, 15) is 14.7 Å². The van der Waals surface area contributed by atoms with Crippen LogP contribution in [0, 0.1) is 5.41 Å². The first-order valence-electron chi connectivity index (χ1n) is 8.98. The van der Waals surface area contributed by atoms with Gasteiger partial charge in [0.25, 0.3) is 5.91 Å². The van der Waals surface area contributed by atoms with Gasteiger partial charge in [0.2, 0.25) is 0 Å². The maximum absolute atomic E-state index is 12.7. The highest BCUT2D eigenvalue weighted by molar-refractivity contribution is 5.96. The summed E-state index contributed by atoms with van der Waals surface area (Å²) in [6.45, 7) is 8.88. The molecule has 6 heteroatoms. The standard InChI is InChI=1S/C19H29NO5/c1-6-8-9-24-16-11-15(19(16,3)4)20(5)17(21)14-10-12(18(22)23)13(7-2)25-14/h10,15-16H,6-9,11H2,1-5H3,(H,22,23). The zero-order valence-electron chi connectivity index (χ0n) is 15.8. The molecule has 0 radical (unpaired) electrons. The summed E-state index contributed by atoms with van der Waals surface area (Å²) in [5, 5.41) is 9.22. The molecule has 2 atom stereocenters. The van der Waals surface area contributed by atoms with Gasteiger partial charge < -0.3 is 19.2 Å². The SMILES string of the molecule is CCCCOC1CC(N(C)C(=O)c2cc(C(=O)O)c(CC)o2)C1(C)C. The first kappa shape index (κ1) is 19.5. The van der Waals surface area contributed by atoms with Crippen molar-refractivity contribution in [2.45, 2.75) is 65.5 Å². The van der Waals surface area contributed by atoms with Crippen molar-refractivity contribution in [1.29, 1.82) is 0 Å². The van der Waals surface area contributed by atoms with E-state index in [1.807, 2.05) is 0 Å². The van der Waals surface area contributed by atoms with Crippen LogP contribution in [0.4, 0.5) is 0 Å². The average Bonchev–Trinajstić information content (AvgIpc) is 3.00. The Morgan fingerprint density at radius 3 is 2.56 bits per heavy atom. The summed E-state index contributed by atoms with van der Waals surface area (Å²) in [6, 6.07) is 1.37. The zero-order valence-corrected chi connectivity index (χ0v) is 15.8. The van der Waals surface area contributed by atoms with Gasteiger partial charge in [0.05, 0.1) is 6.10 Å². The van der Waals surface area contributed by atoms with Crippen LogP contribution in [0.25, 0.3) is 0 Å². The van der Waals surface area contributed by atoms with E-state index in [4.69, 9.17) is 9.15 Å². The number of nitrogens with zero attached hydrogens (tertiary/aromatic N) is 1. The van der Waals surface area contributed by atoms with Crippen molar-refractivity contribution in [3.63, 3.8) is 0 Å². The molecule has 1 aliphatic rings. The number of carbonyl (C=O) groups is 2. The number of aromatic carboxylic acids is 1. The second-order valence-corrected chi connectivity index (χ2v) is 7.31. The highest BCUT2D eigenvalue weighted by Crippen LogP contribution is 2.45. The largest absolute Gasteiger partial charge is 0.478 e. The van der Waals surface area contributed by atoms with E-state index in [1.165, 1.54) is 6.07 Å². The predicted octanol–water partition coefficient (Wildman–Crippen LogP) is 3.60. The van der Waals surface area contributed by atoms with Gasteiger partial charge >= 0.3 is 5.97 Å². The van der Waals surface area contributed by atoms with Crippen LogP contribution in [-0.4, -0.2) is 47.7 Å². The summed E-state index contributed by atoms with van der Waals surface area (Å²) in [7, 11) is 1.74. The number of carboxylic acids is 1. The Morgan fingerprint density at radius 2 is 2.08 bits per heavy atom. The summed E-state index contributed by atoms with van der Waals surface area (Å²) >= 11 is 0. The van der Waals surface area contributed by atoms with Crippen LogP contribution in [0.1, 0.15) is 73.6 Å². The highest BCUT2D eigenvalue weighted by Gasteiger charge is 2.52. The van der Waals surface area contributed by atoms with Gasteiger partial charge in [0.1, 0.15) is 11.3 Å². The minimum Gasteiger partial charge on any atom is -0.478 e. The molecule has 1 saturated carbocycles. The Balaban J connectivity index is 2.07. The minimum absolute atomic E-state index is 0.0371. The number of ether oxygens (including phenoxy) is 1. The highest BCUT2D eigenvalue weighted by atomic mass is 16.5. The smallest absolute Gasteiger partial charge is 0.339 e. The molecule has 0 aromatic carbocycles. The van der Waals surface area contributed by atoms with E-state index in [-0.39, 0.29) is 34.8 Å². The molecule has 1 aliphatic carbocycles. The number of rotatable bonds is 8. The average molecular weight is 351 g/mol. The molecule has 1 fully saturated rings. The van der Waals surface area contributed by atoms with Gasteiger partial charge in [-0.05, 0) is 12.8 Å². The number of hydrogen-bond donors (Lipinski definition) is 1. The third-order valence-electron chi connectivity index (χ3n) is 5.30. The van der Waals surface area contributed by atoms with Crippen LogP contribution in [0.2, 0.25) is 0 Å². The topological polar surface area (TPSA) is 80.0 Å². The van der Waals surface area contributed by atoms with Crippen molar-refractivity contribution in [3.05, 3.63) is 23.2 Å². The predicted molar refractivity (Wildman–Crippen MR) is 94.0 cm³/mol. The lowest BCUT2D eigenvalue weighted by Gasteiger charge is -2.54. The fourth-order valence-electron chi connectivity index (χ4n) is 3.47. The van der Waals surface area contributed by atoms with Crippen molar-refractivity contribution in [2.24, 2.45) is 5.41 Å². The van der Waals surface area contributed by atoms with E-state index in [2.05, 4.69) is 20.8 Å². The Bertz CT molecular complexity index is 634. The fraction of sp³-hybridized carbons (Fsp3) is 0.684. The molecular formula is C19H29NO5. The molecule has 1 aromatic rings. The first-order valence-corrected chi connectivity index (χ1v) is 8.98. The molecule has 140 valence electrons. The van der Waals surface area contributed by atoms with Crippen molar-refractivity contribution in [3.8, 4) is 0 Å². The zero-order chi connectivity index (χ0) is 18.8. The molecule has 1 aromatic heterocycles. The Morgan fingerprint density at radius 1 is 1.40 bits per heavy atom. The van der Waals surface area contributed by atoms with Crippen LogP contribution in [-0.2, 0) is 11.2 Å². The van der Waals surface area contributed by atoms with Crippen molar-refractivity contribution in [2.75, 3.05) is 13.7 Å². The van der Waals surface area contributed by atoms with Crippen molar-refractivity contribution in [1.82, 2.24) is 4.90 Å². The molecule has 25 heavy (non-hydrogen) atoms. The maximum Gasteiger partial charge on any atom is 0.339 e. The number of hydrogen-bond acceptors (Lipinski definition) is 4. The third-order valence-corrected chi connectivity index (χ3v) is 5.30. The number of furan rings is 1. The van der Waals surface area contributed by atoms with Crippen LogP contribution in [0.15, 0.2) is 10.5 Å². The molecule has 6 nitrogen and oxygen atoms in total. The van der Waals surface area contributed by atoms with Crippen LogP contribution < -0.4 is 0 Å². The lowest BCUT2D eigenvalue weighted by Crippen LogP contribution is -2.62. The Labute approximate surface area is 149 Å². The Kier molecular flexibility index (Phi) is 5.93. The van der Waals surface area contributed by atoms with Crippen LogP contribution in [0.5, 0.6) is 0 Å². The van der Waals surface area contributed by atoms with Gasteiger partial charge in [-0.2, -0.15) is 0 Å². The monoisotopic (exact) mass is 351 g/mol. The molecule has 0 bridgehead atoms. The van der Waals surface area contributed by atoms with Crippen LogP contribution >= 0.6 is 0 Å². The lowest BCUT2D eigenvalue weighted by molar-refractivity contribution is -0.140. The van der Waals surface area contributed by atoms with E-state index in [0.29, 0.717) is 12.2 Å². The summed E-state index contributed by atoms with van der Waals surface area (Å²) < 4.78 is 11.4. The summed E-state index contributed by atoms with van der Waals surface area (Å²) in [5.74, 6) is -0.941. The minimum atomic E-state index is -1.07. The molecule has 2 rings (SSSR count). The quantitative estimate of drug-likeness (QED) is 0.724. The maximum atomic E-state index is 12.7. The molecule has 0 spiro atoms.